The Labute approximate surface area is 193 Å². The predicted molar refractivity (Wildman–Crippen MR) is 125 cm³/mol. The minimum atomic E-state index is -0.369. The van der Waals surface area contributed by atoms with Gasteiger partial charge in [0, 0.05) is 22.1 Å². The highest BCUT2D eigenvalue weighted by atomic mass is 35.5. The van der Waals surface area contributed by atoms with Crippen molar-refractivity contribution >= 4 is 69.5 Å². The lowest BCUT2D eigenvalue weighted by molar-refractivity contribution is -0.113. The summed E-state index contributed by atoms with van der Waals surface area (Å²) in [5, 5.41) is 1.05. The summed E-state index contributed by atoms with van der Waals surface area (Å²) in [7, 11) is 0. The van der Waals surface area contributed by atoms with Crippen LogP contribution in [0.2, 0.25) is 15.1 Å². The van der Waals surface area contributed by atoms with Gasteiger partial charge in [0.2, 0.25) is 0 Å². The van der Waals surface area contributed by atoms with E-state index in [1.807, 2.05) is 30.5 Å². The average Bonchev–Trinajstić information content (AvgIpc) is 3.12. The van der Waals surface area contributed by atoms with Crippen LogP contribution in [0.4, 0.5) is 10.5 Å². The van der Waals surface area contributed by atoms with Crippen molar-refractivity contribution in [3.63, 3.8) is 0 Å². The van der Waals surface area contributed by atoms with E-state index in [1.165, 1.54) is 0 Å². The van der Waals surface area contributed by atoms with Crippen LogP contribution in [0.3, 0.4) is 0 Å². The lowest BCUT2D eigenvalue weighted by Crippen LogP contribution is -2.27. The molecule has 1 aliphatic rings. The van der Waals surface area contributed by atoms with Crippen LogP contribution in [-0.2, 0) is 4.79 Å². The summed E-state index contributed by atoms with van der Waals surface area (Å²) >= 11 is 19.1. The number of hydrogen-bond acceptors (Lipinski definition) is 3. The predicted octanol–water partition coefficient (Wildman–Crippen LogP) is 7.30. The van der Waals surface area contributed by atoms with Gasteiger partial charge in [0.15, 0.2) is 0 Å². The third-order valence-corrected chi connectivity index (χ3v) is 6.62. The summed E-state index contributed by atoms with van der Waals surface area (Å²) in [6.45, 7) is 3.91. The maximum atomic E-state index is 12.9. The molecule has 1 fully saturated rings. The number of amides is 2. The van der Waals surface area contributed by atoms with Crippen LogP contribution < -0.4 is 4.90 Å². The molecule has 4 rings (SSSR count). The fourth-order valence-corrected chi connectivity index (χ4v) is 4.71. The van der Waals surface area contributed by atoms with Gasteiger partial charge in [0.25, 0.3) is 11.1 Å². The van der Waals surface area contributed by atoms with E-state index in [2.05, 4.69) is 0 Å². The van der Waals surface area contributed by atoms with E-state index in [0.29, 0.717) is 25.7 Å². The molecule has 1 saturated heterocycles. The molecule has 0 radical (unpaired) electrons. The molecule has 8 heteroatoms. The summed E-state index contributed by atoms with van der Waals surface area (Å²) < 4.78 is 2.02. The number of rotatable bonds is 3. The van der Waals surface area contributed by atoms with Crippen molar-refractivity contribution in [2.45, 2.75) is 13.8 Å². The Kier molecular flexibility index (Phi) is 5.73. The van der Waals surface area contributed by atoms with Crippen LogP contribution in [0.15, 0.2) is 53.4 Å². The van der Waals surface area contributed by atoms with E-state index >= 15 is 0 Å². The normalized spacial score (nSPS) is 15.5. The third-order valence-electron chi connectivity index (χ3n) is 4.78. The minimum absolute atomic E-state index is 0.355. The van der Waals surface area contributed by atoms with Gasteiger partial charge in [0.1, 0.15) is 0 Å². The Bertz CT molecular complexity index is 1230. The maximum absolute atomic E-state index is 12.9. The first-order chi connectivity index (χ1) is 14.3. The fraction of sp³-hybridized carbons (Fsp3) is 0.0909. The fourth-order valence-electron chi connectivity index (χ4n) is 3.40. The molecule has 2 heterocycles. The SMILES string of the molecule is Cc1cc(/C=C2\SC(=O)N(c3cccc(Cl)c3)C2=O)c(C)n1-c1ccc(Cl)c(Cl)c1. The summed E-state index contributed by atoms with van der Waals surface area (Å²) in [6.07, 6.45) is 1.74. The molecule has 3 aromatic rings. The summed E-state index contributed by atoms with van der Waals surface area (Å²) in [5.41, 5.74) is 4.04. The Balaban J connectivity index is 1.71. The molecule has 0 bridgehead atoms. The van der Waals surface area contributed by atoms with Crippen LogP contribution in [-0.4, -0.2) is 15.7 Å². The number of halogens is 3. The van der Waals surface area contributed by atoms with Crippen LogP contribution in [0.5, 0.6) is 0 Å². The lowest BCUT2D eigenvalue weighted by Gasteiger charge is -2.12. The summed E-state index contributed by atoms with van der Waals surface area (Å²) in [4.78, 5) is 26.9. The van der Waals surface area contributed by atoms with Crippen molar-refractivity contribution in [3.8, 4) is 5.69 Å². The first-order valence-electron chi connectivity index (χ1n) is 8.94. The molecule has 0 N–H and O–H groups in total. The first-order valence-corrected chi connectivity index (χ1v) is 10.9. The molecule has 0 atom stereocenters. The molecular weight excluding hydrogens is 463 g/mol. The molecule has 0 saturated carbocycles. The van der Waals surface area contributed by atoms with Gasteiger partial charge in [-0.05, 0) is 79.7 Å². The Morgan fingerprint density at radius 1 is 0.900 bits per heavy atom. The van der Waals surface area contributed by atoms with E-state index in [-0.39, 0.29) is 11.1 Å². The number of carbonyl (C=O) groups excluding carboxylic acids is 2. The van der Waals surface area contributed by atoms with Crippen LogP contribution in [0.1, 0.15) is 17.0 Å². The summed E-state index contributed by atoms with van der Waals surface area (Å²) in [6, 6.07) is 14.1. The van der Waals surface area contributed by atoms with Gasteiger partial charge in [-0.2, -0.15) is 0 Å². The zero-order chi connectivity index (χ0) is 21.6. The van der Waals surface area contributed by atoms with Gasteiger partial charge in [-0.1, -0.05) is 40.9 Å². The molecule has 2 amide bonds. The molecule has 0 unspecified atom stereocenters. The van der Waals surface area contributed by atoms with E-state index in [9.17, 15) is 9.59 Å². The number of thioether (sulfide) groups is 1. The minimum Gasteiger partial charge on any atom is -0.318 e. The van der Waals surface area contributed by atoms with Crippen molar-refractivity contribution < 1.29 is 9.59 Å². The molecule has 1 aliphatic heterocycles. The number of aryl methyl sites for hydroxylation is 1. The number of carbonyl (C=O) groups is 2. The van der Waals surface area contributed by atoms with Crippen LogP contribution in [0, 0.1) is 13.8 Å². The Morgan fingerprint density at radius 2 is 1.67 bits per heavy atom. The molecule has 4 nitrogen and oxygen atoms in total. The molecule has 0 spiro atoms. The monoisotopic (exact) mass is 476 g/mol. The molecule has 2 aromatic carbocycles. The second-order valence-electron chi connectivity index (χ2n) is 6.76. The highest BCUT2D eigenvalue weighted by molar-refractivity contribution is 8.19. The number of hydrogen-bond donors (Lipinski definition) is 0. The van der Waals surface area contributed by atoms with Crippen molar-refractivity contribution in [1.82, 2.24) is 4.57 Å². The highest BCUT2D eigenvalue weighted by Crippen LogP contribution is 2.37. The van der Waals surface area contributed by atoms with Gasteiger partial charge in [-0.25, -0.2) is 4.90 Å². The number of nitrogens with zero attached hydrogens (tertiary/aromatic N) is 2. The van der Waals surface area contributed by atoms with E-state index in [4.69, 9.17) is 34.8 Å². The number of imide groups is 1. The third kappa shape index (κ3) is 3.79. The van der Waals surface area contributed by atoms with Crippen molar-refractivity contribution in [3.05, 3.63) is 85.5 Å². The number of aromatic nitrogens is 1. The second kappa shape index (κ2) is 8.16. The Morgan fingerprint density at radius 3 is 2.37 bits per heavy atom. The topological polar surface area (TPSA) is 42.3 Å². The van der Waals surface area contributed by atoms with Crippen molar-refractivity contribution in [2.24, 2.45) is 0 Å². The second-order valence-corrected chi connectivity index (χ2v) is 9.00. The smallest absolute Gasteiger partial charge is 0.298 e. The molecular formula is C22H15Cl3N2O2S. The number of anilines is 1. The molecule has 1 aromatic heterocycles. The van der Waals surface area contributed by atoms with Gasteiger partial charge < -0.3 is 4.57 Å². The molecule has 30 heavy (non-hydrogen) atoms. The van der Waals surface area contributed by atoms with Crippen molar-refractivity contribution in [1.29, 1.82) is 0 Å². The molecule has 0 aliphatic carbocycles. The quantitative estimate of drug-likeness (QED) is 0.372. The largest absolute Gasteiger partial charge is 0.318 e. The van der Waals surface area contributed by atoms with Crippen molar-refractivity contribution in [2.75, 3.05) is 4.90 Å². The van der Waals surface area contributed by atoms with Crippen LogP contribution >= 0.6 is 46.6 Å². The lowest BCUT2D eigenvalue weighted by atomic mass is 10.2. The van der Waals surface area contributed by atoms with Gasteiger partial charge in [0.05, 0.1) is 20.6 Å². The zero-order valence-corrected chi connectivity index (χ0v) is 19.0. The average molecular weight is 478 g/mol. The maximum Gasteiger partial charge on any atom is 0.298 e. The van der Waals surface area contributed by atoms with Gasteiger partial charge in [-0.15, -0.1) is 0 Å². The van der Waals surface area contributed by atoms with E-state index < -0.39 is 0 Å². The first kappa shape index (κ1) is 21.1. The van der Waals surface area contributed by atoms with Gasteiger partial charge >= 0.3 is 0 Å². The Hall–Kier alpha value is -2.18. The van der Waals surface area contributed by atoms with Crippen LogP contribution in [0.25, 0.3) is 11.8 Å². The highest BCUT2D eigenvalue weighted by Gasteiger charge is 2.36. The standard InChI is InChI=1S/C22H15Cl3N2O2S/c1-12-8-14(13(2)26(12)17-6-7-18(24)19(25)11-17)9-20-21(28)27(22(29)30-20)16-5-3-4-15(23)10-16/h3-11H,1-2H3/b20-9-. The number of benzene rings is 2. The van der Waals surface area contributed by atoms with E-state index in [0.717, 1.165) is 39.3 Å². The van der Waals surface area contributed by atoms with E-state index in [1.54, 1.807) is 42.5 Å². The van der Waals surface area contributed by atoms with Gasteiger partial charge in [-0.3, -0.25) is 9.59 Å². The summed E-state index contributed by atoms with van der Waals surface area (Å²) in [5.74, 6) is -0.369. The molecule has 152 valence electrons. The zero-order valence-electron chi connectivity index (χ0n) is 15.9.